The Bertz CT molecular complexity index is 147. The van der Waals surface area contributed by atoms with Crippen LogP contribution in [0.15, 0.2) is 0 Å². The Balaban J connectivity index is 2.40. The van der Waals surface area contributed by atoms with Crippen LogP contribution in [-0.4, -0.2) is 36.6 Å². The number of rotatable bonds is 2. The SMILES string of the molecule is CCN1C(C)C1C(=O)OC. The van der Waals surface area contributed by atoms with Crippen molar-refractivity contribution in [1.82, 2.24) is 4.90 Å². The van der Waals surface area contributed by atoms with Crippen LogP contribution in [0.25, 0.3) is 0 Å². The summed E-state index contributed by atoms with van der Waals surface area (Å²) in [6.45, 7) is 5.01. The normalized spacial score (nSPS) is 37.3. The highest BCUT2D eigenvalue weighted by Gasteiger charge is 2.48. The van der Waals surface area contributed by atoms with Gasteiger partial charge >= 0.3 is 5.97 Å². The lowest BCUT2D eigenvalue weighted by molar-refractivity contribution is -0.140. The molecule has 0 amide bonds. The van der Waals surface area contributed by atoms with Crippen molar-refractivity contribution in [3.63, 3.8) is 0 Å². The van der Waals surface area contributed by atoms with Crippen molar-refractivity contribution in [3.8, 4) is 0 Å². The lowest BCUT2D eigenvalue weighted by Gasteiger charge is -1.95. The maximum Gasteiger partial charge on any atom is 0.324 e. The predicted molar refractivity (Wildman–Crippen MR) is 37.6 cm³/mol. The molecule has 1 rings (SSSR count). The van der Waals surface area contributed by atoms with E-state index in [1.54, 1.807) is 0 Å². The number of carbonyl (C=O) groups excluding carboxylic acids is 1. The van der Waals surface area contributed by atoms with E-state index in [2.05, 4.69) is 9.64 Å². The average Bonchev–Trinajstić information content (AvgIpc) is 2.59. The molecule has 1 saturated heterocycles. The molecule has 0 aromatic carbocycles. The van der Waals surface area contributed by atoms with Crippen LogP contribution in [0.5, 0.6) is 0 Å². The molecule has 0 spiro atoms. The Hall–Kier alpha value is -0.570. The highest BCUT2D eigenvalue weighted by molar-refractivity contribution is 5.79. The van der Waals surface area contributed by atoms with Gasteiger partial charge in [0.15, 0.2) is 0 Å². The van der Waals surface area contributed by atoms with Crippen molar-refractivity contribution < 1.29 is 9.53 Å². The minimum absolute atomic E-state index is 0.0370. The Labute approximate surface area is 61.0 Å². The van der Waals surface area contributed by atoms with Crippen molar-refractivity contribution in [2.45, 2.75) is 25.9 Å². The highest BCUT2D eigenvalue weighted by Crippen LogP contribution is 2.27. The minimum Gasteiger partial charge on any atom is -0.468 e. The number of ether oxygens (including phenoxy) is 1. The first-order valence-electron chi connectivity index (χ1n) is 3.56. The van der Waals surface area contributed by atoms with E-state index < -0.39 is 0 Å². The number of nitrogens with zero attached hydrogens (tertiary/aromatic N) is 1. The van der Waals surface area contributed by atoms with Gasteiger partial charge in [-0.25, -0.2) is 0 Å². The van der Waals surface area contributed by atoms with Crippen molar-refractivity contribution in [2.75, 3.05) is 13.7 Å². The van der Waals surface area contributed by atoms with Crippen LogP contribution in [0.2, 0.25) is 0 Å². The van der Waals surface area contributed by atoms with Gasteiger partial charge in [-0.1, -0.05) is 6.92 Å². The third-order valence-electron chi connectivity index (χ3n) is 2.06. The van der Waals surface area contributed by atoms with E-state index >= 15 is 0 Å². The third kappa shape index (κ3) is 1.01. The second-order valence-electron chi connectivity index (χ2n) is 2.54. The summed E-state index contributed by atoms with van der Waals surface area (Å²) in [7, 11) is 1.43. The maximum absolute atomic E-state index is 10.9. The van der Waals surface area contributed by atoms with Crippen molar-refractivity contribution in [3.05, 3.63) is 0 Å². The van der Waals surface area contributed by atoms with Gasteiger partial charge in [-0.15, -0.1) is 0 Å². The molecule has 0 bridgehead atoms. The molecule has 0 aliphatic carbocycles. The number of hydrogen-bond donors (Lipinski definition) is 0. The molecule has 3 atom stereocenters. The minimum atomic E-state index is -0.102. The van der Waals surface area contributed by atoms with E-state index in [1.807, 2.05) is 13.8 Å². The topological polar surface area (TPSA) is 29.3 Å². The molecule has 0 saturated carbocycles. The highest BCUT2D eigenvalue weighted by atomic mass is 16.5. The lowest BCUT2D eigenvalue weighted by Crippen LogP contribution is -2.14. The summed E-state index contributed by atoms with van der Waals surface area (Å²) >= 11 is 0. The van der Waals surface area contributed by atoms with E-state index in [9.17, 15) is 4.79 Å². The summed E-state index contributed by atoms with van der Waals surface area (Å²) in [5, 5.41) is 0. The van der Waals surface area contributed by atoms with Crippen LogP contribution in [-0.2, 0) is 9.53 Å². The van der Waals surface area contributed by atoms with Crippen LogP contribution in [0.3, 0.4) is 0 Å². The summed E-state index contributed by atoms with van der Waals surface area (Å²) < 4.78 is 4.60. The van der Waals surface area contributed by atoms with E-state index in [4.69, 9.17) is 0 Å². The number of likely N-dealkylation sites (N-methyl/N-ethyl adjacent to an activating group) is 1. The second-order valence-corrected chi connectivity index (χ2v) is 2.54. The van der Waals surface area contributed by atoms with E-state index in [0.29, 0.717) is 6.04 Å². The zero-order valence-corrected chi connectivity index (χ0v) is 6.63. The molecule has 1 fully saturated rings. The summed E-state index contributed by atoms with van der Waals surface area (Å²) in [6.07, 6.45) is 0. The van der Waals surface area contributed by atoms with Crippen molar-refractivity contribution in [1.29, 1.82) is 0 Å². The van der Waals surface area contributed by atoms with Gasteiger partial charge in [-0.2, -0.15) is 0 Å². The Morgan fingerprint density at radius 2 is 2.30 bits per heavy atom. The van der Waals surface area contributed by atoms with Crippen molar-refractivity contribution >= 4 is 5.97 Å². The Kier molecular flexibility index (Phi) is 1.94. The van der Waals surface area contributed by atoms with Gasteiger partial charge < -0.3 is 4.74 Å². The fourth-order valence-electron chi connectivity index (χ4n) is 1.35. The summed E-state index contributed by atoms with van der Waals surface area (Å²) in [4.78, 5) is 13.0. The van der Waals surface area contributed by atoms with Crippen LogP contribution in [0.4, 0.5) is 0 Å². The molecule has 0 aromatic heterocycles. The van der Waals surface area contributed by atoms with Crippen molar-refractivity contribution in [2.24, 2.45) is 0 Å². The molecule has 3 nitrogen and oxygen atoms in total. The van der Waals surface area contributed by atoms with Gasteiger partial charge in [0.05, 0.1) is 7.11 Å². The van der Waals surface area contributed by atoms with E-state index in [-0.39, 0.29) is 12.0 Å². The lowest BCUT2D eigenvalue weighted by atomic mass is 10.3. The first-order valence-corrected chi connectivity index (χ1v) is 3.56. The van der Waals surface area contributed by atoms with E-state index in [1.165, 1.54) is 7.11 Å². The molecule has 1 aliphatic rings. The smallest absolute Gasteiger partial charge is 0.324 e. The molecular weight excluding hydrogens is 130 g/mol. The van der Waals surface area contributed by atoms with Crippen LogP contribution < -0.4 is 0 Å². The quantitative estimate of drug-likeness (QED) is 0.410. The molecule has 0 aromatic rings. The number of carbonyl (C=O) groups is 1. The Morgan fingerprint density at radius 3 is 2.60 bits per heavy atom. The third-order valence-corrected chi connectivity index (χ3v) is 2.06. The molecule has 0 N–H and O–H groups in total. The summed E-state index contributed by atoms with van der Waals surface area (Å²) in [5.74, 6) is -0.102. The monoisotopic (exact) mass is 143 g/mol. The summed E-state index contributed by atoms with van der Waals surface area (Å²) in [5.41, 5.74) is 0. The largest absolute Gasteiger partial charge is 0.468 e. The number of hydrogen-bond acceptors (Lipinski definition) is 3. The second kappa shape index (κ2) is 2.58. The molecule has 3 unspecified atom stereocenters. The van der Waals surface area contributed by atoms with Crippen LogP contribution >= 0.6 is 0 Å². The predicted octanol–water partition coefficient (Wildman–Crippen LogP) is 0.252. The molecular formula is C7H13NO2. The summed E-state index contributed by atoms with van der Waals surface area (Å²) in [6, 6.07) is 0.424. The standard InChI is InChI=1S/C7H13NO2/c1-4-8-5(2)6(8)7(9)10-3/h5-6H,4H2,1-3H3. The van der Waals surface area contributed by atoms with Gasteiger partial charge in [-0.05, 0) is 13.5 Å². The maximum atomic E-state index is 10.9. The average molecular weight is 143 g/mol. The molecule has 1 heterocycles. The zero-order chi connectivity index (χ0) is 7.72. The van der Waals surface area contributed by atoms with Gasteiger partial charge in [0.25, 0.3) is 0 Å². The molecule has 0 radical (unpaired) electrons. The molecule has 58 valence electrons. The first-order chi connectivity index (χ1) is 4.72. The van der Waals surface area contributed by atoms with Gasteiger partial charge in [0.2, 0.25) is 0 Å². The molecule has 1 aliphatic heterocycles. The fourth-order valence-corrected chi connectivity index (χ4v) is 1.35. The van der Waals surface area contributed by atoms with Gasteiger partial charge in [0.1, 0.15) is 6.04 Å². The molecule has 3 heteroatoms. The van der Waals surface area contributed by atoms with Crippen LogP contribution in [0.1, 0.15) is 13.8 Å². The van der Waals surface area contributed by atoms with Crippen LogP contribution in [0, 0.1) is 0 Å². The number of methoxy groups -OCH3 is 1. The number of esters is 1. The fraction of sp³-hybridized carbons (Fsp3) is 0.857. The first kappa shape index (κ1) is 7.54. The van der Waals surface area contributed by atoms with Gasteiger partial charge in [-0.3, -0.25) is 9.69 Å². The van der Waals surface area contributed by atoms with Gasteiger partial charge in [0, 0.05) is 6.04 Å². The van der Waals surface area contributed by atoms with E-state index in [0.717, 1.165) is 6.54 Å². The Morgan fingerprint density at radius 1 is 1.70 bits per heavy atom. The molecule has 10 heavy (non-hydrogen) atoms. The zero-order valence-electron chi connectivity index (χ0n) is 6.63.